The second-order valence-electron chi connectivity index (χ2n) is 4.00. The molecular weight excluding hydrogens is 195 g/mol. The minimum absolute atomic E-state index is 0.328. The van der Waals surface area contributed by atoms with Gasteiger partial charge in [-0.1, -0.05) is 0 Å². The average molecular weight is 208 g/mol. The first kappa shape index (κ1) is 10.1. The van der Waals surface area contributed by atoms with Crippen LogP contribution in [0.1, 0.15) is 28.8 Å². The summed E-state index contributed by atoms with van der Waals surface area (Å²) in [6.07, 6.45) is 2.30. The number of hydrogen-bond donors (Lipinski definition) is 0. The molecule has 1 fully saturated rings. The molecule has 0 aliphatic heterocycles. The normalized spacial score (nSPS) is 15.1. The highest BCUT2D eigenvalue weighted by Crippen LogP contribution is 2.29. The number of aryl methyl sites for hydroxylation is 1. The van der Waals surface area contributed by atoms with Crippen molar-refractivity contribution >= 4 is 5.97 Å². The quantitative estimate of drug-likeness (QED) is 0.714. The molecule has 1 aromatic carbocycles. The highest BCUT2D eigenvalue weighted by molar-refractivity contribution is 5.90. The number of rotatable bonds is 3. The lowest BCUT2D eigenvalue weighted by atomic mass is 10.1. The molecule has 15 heavy (non-hydrogen) atoms. The van der Waals surface area contributed by atoms with E-state index >= 15 is 0 Å². The molecular formula is C12H13FO2. The van der Waals surface area contributed by atoms with Gasteiger partial charge in [0.05, 0.1) is 12.2 Å². The summed E-state index contributed by atoms with van der Waals surface area (Å²) in [6.45, 7) is 2.20. The Morgan fingerprint density at radius 2 is 2.27 bits per heavy atom. The topological polar surface area (TPSA) is 26.3 Å². The van der Waals surface area contributed by atoms with Gasteiger partial charge >= 0.3 is 5.97 Å². The summed E-state index contributed by atoms with van der Waals surface area (Å²) in [4.78, 5) is 11.6. The maximum Gasteiger partial charge on any atom is 0.338 e. The van der Waals surface area contributed by atoms with Gasteiger partial charge in [-0.3, -0.25) is 0 Å². The zero-order chi connectivity index (χ0) is 10.8. The molecule has 0 atom stereocenters. The second-order valence-corrected chi connectivity index (χ2v) is 4.00. The molecule has 0 spiro atoms. The zero-order valence-electron chi connectivity index (χ0n) is 8.63. The molecule has 2 nitrogen and oxygen atoms in total. The van der Waals surface area contributed by atoms with E-state index < -0.39 is 0 Å². The lowest BCUT2D eigenvalue weighted by Gasteiger charge is -2.06. The number of carbonyl (C=O) groups is 1. The van der Waals surface area contributed by atoms with Gasteiger partial charge in [-0.25, -0.2) is 9.18 Å². The maximum absolute atomic E-state index is 12.8. The summed E-state index contributed by atoms with van der Waals surface area (Å²) < 4.78 is 17.9. The van der Waals surface area contributed by atoms with Crippen LogP contribution in [0.15, 0.2) is 18.2 Å². The summed E-state index contributed by atoms with van der Waals surface area (Å²) in [7, 11) is 0. The number of carbonyl (C=O) groups excluding carboxylic acids is 1. The van der Waals surface area contributed by atoms with E-state index in [-0.39, 0.29) is 11.8 Å². The number of halogens is 1. The van der Waals surface area contributed by atoms with E-state index in [4.69, 9.17) is 4.74 Å². The SMILES string of the molecule is Cc1cc(F)ccc1C(=O)OCC1CC1. The highest BCUT2D eigenvalue weighted by atomic mass is 19.1. The van der Waals surface area contributed by atoms with Crippen molar-refractivity contribution in [3.8, 4) is 0 Å². The Morgan fingerprint density at radius 1 is 1.53 bits per heavy atom. The Kier molecular flexibility index (Phi) is 2.71. The first-order valence-electron chi connectivity index (χ1n) is 5.10. The van der Waals surface area contributed by atoms with Crippen molar-refractivity contribution in [2.24, 2.45) is 5.92 Å². The van der Waals surface area contributed by atoms with Gasteiger partial charge in [-0.05, 0) is 49.4 Å². The molecule has 0 unspecified atom stereocenters. The fourth-order valence-electron chi connectivity index (χ4n) is 1.41. The molecule has 1 aliphatic rings. The molecule has 0 radical (unpaired) electrons. The number of benzene rings is 1. The summed E-state index contributed by atoms with van der Waals surface area (Å²) in [6, 6.07) is 4.09. The average Bonchev–Trinajstić information content (AvgIpc) is 2.97. The molecule has 0 amide bonds. The van der Waals surface area contributed by atoms with E-state index in [1.807, 2.05) is 0 Å². The monoisotopic (exact) mass is 208 g/mol. The van der Waals surface area contributed by atoms with Gasteiger partial charge in [0.15, 0.2) is 0 Å². The third kappa shape index (κ3) is 2.55. The van der Waals surface area contributed by atoms with Crippen LogP contribution in [-0.4, -0.2) is 12.6 Å². The van der Waals surface area contributed by atoms with Crippen LogP contribution in [0.2, 0.25) is 0 Å². The Hall–Kier alpha value is -1.38. The fourth-order valence-corrected chi connectivity index (χ4v) is 1.41. The van der Waals surface area contributed by atoms with Gasteiger partial charge < -0.3 is 4.74 Å². The predicted molar refractivity (Wildman–Crippen MR) is 54.1 cm³/mol. The van der Waals surface area contributed by atoms with Crippen LogP contribution >= 0.6 is 0 Å². The van der Waals surface area contributed by atoms with E-state index in [0.29, 0.717) is 23.7 Å². The van der Waals surface area contributed by atoms with Crippen molar-refractivity contribution in [3.05, 3.63) is 35.1 Å². The molecule has 1 aromatic rings. The number of ether oxygens (including phenoxy) is 1. The smallest absolute Gasteiger partial charge is 0.338 e. The van der Waals surface area contributed by atoms with Crippen molar-refractivity contribution in [3.63, 3.8) is 0 Å². The van der Waals surface area contributed by atoms with E-state index in [9.17, 15) is 9.18 Å². The van der Waals surface area contributed by atoms with E-state index in [0.717, 1.165) is 12.8 Å². The molecule has 2 rings (SSSR count). The molecule has 0 saturated heterocycles. The summed E-state index contributed by atoms with van der Waals surface area (Å²) in [5, 5.41) is 0. The molecule has 0 aromatic heterocycles. The Labute approximate surface area is 88.1 Å². The summed E-state index contributed by atoms with van der Waals surface area (Å²) >= 11 is 0. The molecule has 3 heteroatoms. The van der Waals surface area contributed by atoms with Crippen LogP contribution in [0.5, 0.6) is 0 Å². The Morgan fingerprint density at radius 3 is 2.87 bits per heavy atom. The number of hydrogen-bond acceptors (Lipinski definition) is 2. The molecule has 0 heterocycles. The maximum atomic E-state index is 12.8. The summed E-state index contributed by atoms with van der Waals surface area (Å²) in [5.74, 6) is -0.125. The first-order chi connectivity index (χ1) is 7.16. The van der Waals surface area contributed by atoms with Crippen LogP contribution in [0.4, 0.5) is 4.39 Å². The van der Waals surface area contributed by atoms with Crippen molar-refractivity contribution in [1.82, 2.24) is 0 Å². The molecule has 1 saturated carbocycles. The van der Waals surface area contributed by atoms with Crippen molar-refractivity contribution in [2.75, 3.05) is 6.61 Å². The summed E-state index contributed by atoms with van der Waals surface area (Å²) in [5.41, 5.74) is 1.08. The number of esters is 1. The molecule has 1 aliphatic carbocycles. The van der Waals surface area contributed by atoms with Gasteiger partial charge in [0.2, 0.25) is 0 Å². The molecule has 0 bridgehead atoms. The van der Waals surface area contributed by atoms with E-state index in [1.54, 1.807) is 6.92 Å². The third-order valence-corrected chi connectivity index (χ3v) is 2.56. The van der Waals surface area contributed by atoms with Gasteiger partial charge in [0.25, 0.3) is 0 Å². The molecule has 0 N–H and O–H groups in total. The Bertz CT molecular complexity index is 383. The van der Waals surface area contributed by atoms with Crippen LogP contribution in [0.3, 0.4) is 0 Å². The van der Waals surface area contributed by atoms with Crippen molar-refractivity contribution in [2.45, 2.75) is 19.8 Å². The lowest BCUT2D eigenvalue weighted by Crippen LogP contribution is -2.09. The fraction of sp³-hybridized carbons (Fsp3) is 0.417. The van der Waals surface area contributed by atoms with Crippen LogP contribution < -0.4 is 0 Å². The Balaban J connectivity index is 2.03. The zero-order valence-corrected chi connectivity index (χ0v) is 8.63. The van der Waals surface area contributed by atoms with Gasteiger partial charge in [0, 0.05) is 0 Å². The van der Waals surface area contributed by atoms with E-state index in [1.165, 1.54) is 18.2 Å². The minimum atomic E-state index is -0.348. The third-order valence-electron chi connectivity index (χ3n) is 2.56. The largest absolute Gasteiger partial charge is 0.462 e. The first-order valence-corrected chi connectivity index (χ1v) is 5.10. The predicted octanol–water partition coefficient (Wildman–Crippen LogP) is 2.70. The molecule has 80 valence electrons. The highest BCUT2D eigenvalue weighted by Gasteiger charge is 2.23. The van der Waals surface area contributed by atoms with Crippen LogP contribution in [-0.2, 0) is 4.74 Å². The van der Waals surface area contributed by atoms with Gasteiger partial charge in [0.1, 0.15) is 5.82 Å². The van der Waals surface area contributed by atoms with E-state index in [2.05, 4.69) is 0 Å². The van der Waals surface area contributed by atoms with Crippen LogP contribution in [0, 0.1) is 18.7 Å². The van der Waals surface area contributed by atoms with Crippen LogP contribution in [0.25, 0.3) is 0 Å². The van der Waals surface area contributed by atoms with Gasteiger partial charge in [-0.2, -0.15) is 0 Å². The standard InChI is InChI=1S/C12H13FO2/c1-8-6-10(13)4-5-11(8)12(14)15-7-9-2-3-9/h4-6,9H,2-3,7H2,1H3. The second kappa shape index (κ2) is 4.01. The minimum Gasteiger partial charge on any atom is -0.462 e. The van der Waals surface area contributed by atoms with Gasteiger partial charge in [-0.15, -0.1) is 0 Å². The lowest BCUT2D eigenvalue weighted by molar-refractivity contribution is 0.0485. The van der Waals surface area contributed by atoms with Crippen molar-refractivity contribution < 1.29 is 13.9 Å². The van der Waals surface area contributed by atoms with Crippen molar-refractivity contribution in [1.29, 1.82) is 0 Å².